The molecule has 2 aromatic rings. The second kappa shape index (κ2) is 7.99. The zero-order chi connectivity index (χ0) is 20.3. The minimum Gasteiger partial charge on any atom is -0.481 e. The molecule has 1 aliphatic rings. The van der Waals surface area contributed by atoms with Crippen LogP contribution >= 0.6 is 0 Å². The number of carboxylic acid groups (broad SMARTS) is 1. The molecule has 2 heterocycles. The number of aliphatic carboxylic acids is 1. The van der Waals surface area contributed by atoms with Gasteiger partial charge in [0.25, 0.3) is 0 Å². The second-order valence-electron chi connectivity index (χ2n) is 7.68. The van der Waals surface area contributed by atoms with Gasteiger partial charge in [0.2, 0.25) is 12.3 Å². The molecule has 1 aromatic heterocycles. The Balaban J connectivity index is 1.65. The number of ketones is 1. The fourth-order valence-corrected chi connectivity index (χ4v) is 3.54. The molecular weight excluding hydrogens is 356 g/mol. The van der Waals surface area contributed by atoms with Crippen molar-refractivity contribution in [3.8, 4) is 0 Å². The summed E-state index contributed by atoms with van der Waals surface area (Å²) in [6, 6.07) is 10.9. The van der Waals surface area contributed by atoms with Crippen LogP contribution in [0.3, 0.4) is 0 Å². The quantitative estimate of drug-likeness (QED) is 0.561. The molecular formula is C22H24N2O4. The zero-order valence-corrected chi connectivity index (χ0v) is 16.1. The summed E-state index contributed by atoms with van der Waals surface area (Å²) in [5.41, 5.74) is 2.42. The molecule has 0 saturated heterocycles. The van der Waals surface area contributed by atoms with Crippen molar-refractivity contribution in [2.24, 2.45) is 0 Å². The monoisotopic (exact) mass is 380 g/mol. The Labute approximate surface area is 164 Å². The Morgan fingerprint density at radius 2 is 1.96 bits per heavy atom. The van der Waals surface area contributed by atoms with Crippen LogP contribution in [0.1, 0.15) is 53.5 Å². The van der Waals surface area contributed by atoms with Crippen LogP contribution in [0.2, 0.25) is 0 Å². The maximum Gasteiger partial charge on any atom is 0.312 e. The summed E-state index contributed by atoms with van der Waals surface area (Å²) in [5, 5.41) is 9.28. The number of carbonyl (C=O) groups excluding carboxylic acids is 1. The van der Waals surface area contributed by atoms with Crippen molar-refractivity contribution in [3.05, 3.63) is 70.3 Å². The van der Waals surface area contributed by atoms with E-state index in [-0.39, 0.29) is 5.78 Å². The molecule has 0 bridgehead atoms. The predicted octanol–water partition coefficient (Wildman–Crippen LogP) is 3.55. The summed E-state index contributed by atoms with van der Waals surface area (Å²) >= 11 is 0. The minimum atomic E-state index is -0.845. The number of carboxylic acids is 1. The van der Waals surface area contributed by atoms with Gasteiger partial charge < -0.3 is 19.3 Å². The molecule has 0 unspecified atom stereocenters. The van der Waals surface area contributed by atoms with Crippen molar-refractivity contribution in [3.63, 3.8) is 0 Å². The molecule has 28 heavy (non-hydrogen) atoms. The molecule has 6 heteroatoms. The Morgan fingerprint density at radius 3 is 2.61 bits per heavy atom. The van der Waals surface area contributed by atoms with Crippen molar-refractivity contribution in [2.75, 3.05) is 13.2 Å². The van der Waals surface area contributed by atoms with Crippen molar-refractivity contribution < 1.29 is 19.4 Å². The number of aromatic nitrogens is 1. The minimum absolute atomic E-state index is 0.0988. The summed E-state index contributed by atoms with van der Waals surface area (Å²) in [7, 11) is 0. The van der Waals surface area contributed by atoms with Gasteiger partial charge in [-0.05, 0) is 44.4 Å². The van der Waals surface area contributed by atoms with Crippen LogP contribution in [0.25, 0.3) is 4.85 Å². The summed E-state index contributed by atoms with van der Waals surface area (Å²) in [6.45, 7) is 12.1. The number of fused-ring (bicyclic) bond motifs is 1. The fourth-order valence-electron chi connectivity index (χ4n) is 3.54. The first-order valence-corrected chi connectivity index (χ1v) is 9.35. The Bertz CT molecular complexity index is 919. The zero-order valence-electron chi connectivity index (χ0n) is 16.1. The van der Waals surface area contributed by atoms with Gasteiger partial charge in [0.15, 0.2) is 0 Å². The van der Waals surface area contributed by atoms with Gasteiger partial charge in [-0.3, -0.25) is 9.59 Å². The van der Waals surface area contributed by atoms with Crippen LogP contribution in [0.4, 0.5) is 0 Å². The molecule has 0 amide bonds. The molecule has 1 aromatic carbocycles. The van der Waals surface area contributed by atoms with E-state index in [4.69, 9.17) is 11.3 Å². The van der Waals surface area contributed by atoms with Gasteiger partial charge in [-0.2, -0.15) is 0 Å². The average Bonchev–Trinajstić information content (AvgIpc) is 3.23. The first-order valence-electron chi connectivity index (χ1n) is 9.35. The van der Waals surface area contributed by atoms with Crippen LogP contribution in [-0.2, 0) is 22.5 Å². The maximum absolute atomic E-state index is 12.9. The molecule has 146 valence electrons. The van der Waals surface area contributed by atoms with E-state index in [2.05, 4.69) is 4.85 Å². The molecule has 0 spiro atoms. The van der Waals surface area contributed by atoms with Crippen LogP contribution < -0.4 is 0 Å². The lowest BCUT2D eigenvalue weighted by molar-refractivity contribution is -0.138. The third kappa shape index (κ3) is 4.15. The summed E-state index contributed by atoms with van der Waals surface area (Å²) in [6.07, 6.45) is 1.23. The summed E-state index contributed by atoms with van der Waals surface area (Å²) in [4.78, 5) is 27.5. The maximum atomic E-state index is 12.9. The third-order valence-electron chi connectivity index (χ3n) is 5.10. The van der Waals surface area contributed by atoms with E-state index in [0.29, 0.717) is 49.5 Å². The third-order valence-corrected chi connectivity index (χ3v) is 5.10. The van der Waals surface area contributed by atoms with Gasteiger partial charge in [-0.15, -0.1) is 0 Å². The van der Waals surface area contributed by atoms with Crippen LogP contribution in [0.15, 0.2) is 36.4 Å². The highest BCUT2D eigenvalue weighted by Crippen LogP contribution is 2.31. The van der Waals surface area contributed by atoms with Gasteiger partial charge in [-0.1, -0.05) is 24.3 Å². The molecule has 0 radical (unpaired) electrons. The summed E-state index contributed by atoms with van der Waals surface area (Å²) < 4.78 is 7.58. The normalized spacial score (nSPS) is 15.8. The molecule has 0 aliphatic carbocycles. The lowest BCUT2D eigenvalue weighted by atomic mass is 10.0. The number of carbonyl (C=O) groups is 2. The molecule has 1 aliphatic heterocycles. The van der Waals surface area contributed by atoms with Crippen molar-refractivity contribution in [1.29, 1.82) is 0 Å². The van der Waals surface area contributed by atoms with Crippen molar-refractivity contribution >= 4 is 11.8 Å². The number of ether oxygens (including phenoxy) is 1. The van der Waals surface area contributed by atoms with E-state index in [0.717, 1.165) is 5.56 Å². The number of benzene rings is 1. The standard InChI is InChI=1S/C22H24N2O4/c1-22(2,14-23-3)28-13-11-15-4-6-16(7-5-15)20(25)19-9-8-18-17(21(26)27)10-12-24(18)19/h4-9,17H,10-14H2,1-2H3,(H,26,27)/t17-/m1/s1. The van der Waals surface area contributed by atoms with E-state index in [1.165, 1.54) is 0 Å². The van der Waals surface area contributed by atoms with E-state index in [1.807, 2.05) is 30.5 Å². The Hall–Kier alpha value is -2.91. The van der Waals surface area contributed by atoms with E-state index in [9.17, 15) is 14.7 Å². The molecule has 3 rings (SSSR count). The van der Waals surface area contributed by atoms with Crippen LogP contribution in [0.5, 0.6) is 0 Å². The largest absolute Gasteiger partial charge is 0.481 e. The topological polar surface area (TPSA) is 72.9 Å². The second-order valence-corrected chi connectivity index (χ2v) is 7.68. The highest BCUT2D eigenvalue weighted by Gasteiger charge is 2.31. The van der Waals surface area contributed by atoms with Gasteiger partial charge in [-0.25, -0.2) is 6.57 Å². The molecule has 1 N–H and O–H groups in total. The smallest absolute Gasteiger partial charge is 0.312 e. The Morgan fingerprint density at radius 1 is 1.25 bits per heavy atom. The van der Waals surface area contributed by atoms with Gasteiger partial charge in [0.1, 0.15) is 5.60 Å². The fraction of sp³-hybridized carbons (Fsp3) is 0.409. The number of hydrogen-bond donors (Lipinski definition) is 1. The highest BCUT2D eigenvalue weighted by molar-refractivity contribution is 6.08. The summed E-state index contributed by atoms with van der Waals surface area (Å²) in [5.74, 6) is -1.48. The predicted molar refractivity (Wildman–Crippen MR) is 105 cm³/mol. The van der Waals surface area contributed by atoms with E-state index < -0.39 is 17.5 Å². The van der Waals surface area contributed by atoms with Crippen molar-refractivity contribution in [1.82, 2.24) is 4.57 Å². The van der Waals surface area contributed by atoms with Crippen LogP contribution in [0, 0.1) is 6.57 Å². The Kier molecular flexibility index (Phi) is 5.66. The first-order chi connectivity index (χ1) is 13.3. The average molecular weight is 380 g/mol. The lowest BCUT2D eigenvalue weighted by Gasteiger charge is -2.19. The van der Waals surface area contributed by atoms with E-state index >= 15 is 0 Å². The number of rotatable bonds is 8. The number of nitrogens with zero attached hydrogens (tertiary/aromatic N) is 2. The van der Waals surface area contributed by atoms with Gasteiger partial charge >= 0.3 is 5.97 Å². The molecule has 0 fully saturated rings. The number of hydrogen-bond acceptors (Lipinski definition) is 3. The van der Waals surface area contributed by atoms with Gasteiger partial charge in [0, 0.05) is 17.8 Å². The lowest BCUT2D eigenvalue weighted by Crippen LogP contribution is -2.28. The SMILES string of the molecule is [C-]#[N+]CC(C)(C)OCCc1ccc(C(=O)c2ccc3n2CC[C@H]3C(=O)O)cc1. The van der Waals surface area contributed by atoms with Crippen molar-refractivity contribution in [2.45, 2.75) is 44.8 Å². The highest BCUT2D eigenvalue weighted by atomic mass is 16.5. The molecule has 6 nitrogen and oxygen atoms in total. The van der Waals surface area contributed by atoms with Crippen LogP contribution in [-0.4, -0.2) is 40.2 Å². The van der Waals surface area contributed by atoms with E-state index in [1.54, 1.807) is 24.3 Å². The molecule has 0 saturated carbocycles. The first kappa shape index (κ1) is 19.8. The van der Waals surface area contributed by atoms with Gasteiger partial charge in [0.05, 0.1) is 18.2 Å². The molecule has 1 atom stereocenters.